The third kappa shape index (κ3) is 2.77. The highest BCUT2D eigenvalue weighted by Gasteiger charge is 2.27. The minimum absolute atomic E-state index is 0.299. The quantitative estimate of drug-likeness (QED) is 0.903. The van der Waals surface area contributed by atoms with E-state index in [0.717, 1.165) is 49.0 Å². The van der Waals surface area contributed by atoms with Crippen molar-refractivity contribution in [3.63, 3.8) is 0 Å². The van der Waals surface area contributed by atoms with Crippen molar-refractivity contribution < 1.29 is 4.74 Å². The van der Waals surface area contributed by atoms with Crippen LogP contribution in [0.15, 0.2) is 4.60 Å². The molecule has 1 atom stereocenters. The first-order chi connectivity index (χ1) is 8.65. The fraction of sp³-hybridized carbons (Fsp3) is 0.750. The second kappa shape index (κ2) is 6.14. The van der Waals surface area contributed by atoms with Gasteiger partial charge in [-0.05, 0) is 29.9 Å². The molecule has 102 valence electrons. The van der Waals surface area contributed by atoms with Crippen LogP contribution in [0.4, 0.5) is 0 Å². The minimum atomic E-state index is 0.299. The number of ether oxygens (including phenoxy) is 1. The highest BCUT2D eigenvalue weighted by Crippen LogP contribution is 2.28. The molecule has 1 fully saturated rings. The molecule has 1 N–H and O–H groups in total. The van der Waals surface area contributed by atoms with E-state index in [1.807, 2.05) is 21.0 Å². The molecule has 2 rings (SSSR count). The number of likely N-dealkylation sites (N-methyl/N-ethyl adjacent to an activating group) is 1. The molecule has 1 unspecified atom stereocenters. The van der Waals surface area contributed by atoms with Crippen molar-refractivity contribution in [2.24, 2.45) is 7.05 Å². The lowest BCUT2D eigenvalue weighted by atomic mass is 10.1. The molecule has 0 saturated carbocycles. The van der Waals surface area contributed by atoms with E-state index in [4.69, 9.17) is 9.72 Å². The van der Waals surface area contributed by atoms with E-state index in [2.05, 4.69) is 30.7 Å². The van der Waals surface area contributed by atoms with E-state index >= 15 is 0 Å². The Morgan fingerprint density at radius 2 is 2.11 bits per heavy atom. The standard InChI is InChI=1S/C12H21BrN4O/c1-9-15-11(12(13)16(9)3)10(8-14-2)17-4-6-18-7-5-17/h10,14H,4-8H2,1-3H3. The van der Waals surface area contributed by atoms with Crippen LogP contribution in [0.1, 0.15) is 17.6 Å². The van der Waals surface area contributed by atoms with Gasteiger partial charge in [-0.3, -0.25) is 4.90 Å². The Morgan fingerprint density at radius 3 is 2.61 bits per heavy atom. The molecular formula is C12H21BrN4O. The van der Waals surface area contributed by atoms with E-state index in [1.165, 1.54) is 0 Å². The molecule has 1 aromatic rings. The normalized spacial score (nSPS) is 19.1. The van der Waals surface area contributed by atoms with Crippen molar-refractivity contribution in [1.29, 1.82) is 0 Å². The molecule has 1 aliphatic rings. The molecule has 5 nitrogen and oxygen atoms in total. The average Bonchev–Trinajstić information content (AvgIpc) is 2.65. The molecule has 0 spiro atoms. The second-order valence-corrected chi connectivity index (χ2v) is 5.37. The van der Waals surface area contributed by atoms with Crippen LogP contribution in [0.2, 0.25) is 0 Å². The minimum Gasteiger partial charge on any atom is -0.379 e. The van der Waals surface area contributed by atoms with Crippen LogP contribution in [0.5, 0.6) is 0 Å². The summed E-state index contributed by atoms with van der Waals surface area (Å²) in [5.41, 5.74) is 1.12. The lowest BCUT2D eigenvalue weighted by Gasteiger charge is -2.33. The number of hydrogen-bond acceptors (Lipinski definition) is 4. The topological polar surface area (TPSA) is 42.3 Å². The Kier molecular flexibility index (Phi) is 4.77. The molecule has 0 amide bonds. The molecule has 0 aliphatic carbocycles. The zero-order chi connectivity index (χ0) is 13.1. The zero-order valence-corrected chi connectivity index (χ0v) is 12.8. The lowest BCUT2D eigenvalue weighted by molar-refractivity contribution is 0.0156. The van der Waals surface area contributed by atoms with Crippen molar-refractivity contribution in [3.8, 4) is 0 Å². The Morgan fingerprint density at radius 1 is 1.44 bits per heavy atom. The van der Waals surface area contributed by atoms with Gasteiger partial charge in [0.15, 0.2) is 0 Å². The summed E-state index contributed by atoms with van der Waals surface area (Å²) < 4.78 is 8.58. The number of imidazole rings is 1. The Balaban J connectivity index is 2.25. The number of hydrogen-bond donors (Lipinski definition) is 1. The third-order valence-corrected chi connectivity index (χ3v) is 4.41. The van der Waals surface area contributed by atoms with Gasteiger partial charge in [-0.15, -0.1) is 0 Å². The predicted molar refractivity (Wildman–Crippen MR) is 74.7 cm³/mol. The first kappa shape index (κ1) is 14.0. The van der Waals surface area contributed by atoms with Gasteiger partial charge < -0.3 is 14.6 Å². The molecule has 2 heterocycles. The van der Waals surface area contributed by atoms with Crippen LogP contribution in [0.3, 0.4) is 0 Å². The van der Waals surface area contributed by atoms with Crippen LogP contribution in [0, 0.1) is 6.92 Å². The molecule has 0 radical (unpaired) electrons. The molecule has 1 aliphatic heterocycles. The van der Waals surface area contributed by atoms with Crippen LogP contribution < -0.4 is 5.32 Å². The molecule has 0 bridgehead atoms. The number of aryl methyl sites for hydroxylation is 1. The van der Waals surface area contributed by atoms with E-state index in [1.54, 1.807) is 0 Å². The van der Waals surface area contributed by atoms with E-state index in [9.17, 15) is 0 Å². The SMILES string of the molecule is CNCC(c1nc(C)n(C)c1Br)N1CCOCC1. The van der Waals surface area contributed by atoms with Gasteiger partial charge in [0, 0.05) is 26.7 Å². The zero-order valence-electron chi connectivity index (χ0n) is 11.2. The summed E-state index contributed by atoms with van der Waals surface area (Å²) in [6.07, 6.45) is 0. The Labute approximate surface area is 117 Å². The first-order valence-corrected chi connectivity index (χ1v) is 7.09. The summed E-state index contributed by atoms with van der Waals surface area (Å²) >= 11 is 3.65. The first-order valence-electron chi connectivity index (χ1n) is 6.30. The van der Waals surface area contributed by atoms with E-state index in [0.29, 0.717) is 6.04 Å². The van der Waals surface area contributed by atoms with Gasteiger partial charge >= 0.3 is 0 Å². The molecule has 1 saturated heterocycles. The van der Waals surface area contributed by atoms with Gasteiger partial charge in [0.2, 0.25) is 0 Å². The summed E-state index contributed by atoms with van der Waals surface area (Å²) in [5, 5.41) is 3.27. The highest BCUT2D eigenvalue weighted by molar-refractivity contribution is 9.10. The smallest absolute Gasteiger partial charge is 0.109 e. The second-order valence-electron chi connectivity index (χ2n) is 4.62. The van der Waals surface area contributed by atoms with Gasteiger partial charge in [-0.2, -0.15) is 0 Å². The van der Waals surface area contributed by atoms with Crippen molar-refractivity contribution in [2.75, 3.05) is 39.9 Å². The van der Waals surface area contributed by atoms with Crippen LogP contribution in [-0.4, -0.2) is 54.3 Å². The highest BCUT2D eigenvalue weighted by atomic mass is 79.9. The molecular weight excluding hydrogens is 296 g/mol. The van der Waals surface area contributed by atoms with E-state index < -0.39 is 0 Å². The number of halogens is 1. The Hall–Kier alpha value is -0.430. The van der Waals surface area contributed by atoms with Gasteiger partial charge in [-0.1, -0.05) is 0 Å². The lowest BCUT2D eigenvalue weighted by Crippen LogP contribution is -2.42. The van der Waals surface area contributed by atoms with Crippen LogP contribution >= 0.6 is 15.9 Å². The number of morpholine rings is 1. The molecule has 6 heteroatoms. The summed E-state index contributed by atoms with van der Waals surface area (Å²) in [6.45, 7) is 6.48. The summed E-state index contributed by atoms with van der Waals surface area (Å²) in [7, 11) is 4.02. The number of rotatable bonds is 4. The summed E-state index contributed by atoms with van der Waals surface area (Å²) in [4.78, 5) is 7.13. The predicted octanol–water partition coefficient (Wildman–Crippen LogP) is 1.08. The van der Waals surface area contributed by atoms with Crippen LogP contribution in [0.25, 0.3) is 0 Å². The van der Waals surface area contributed by atoms with Crippen molar-refractivity contribution in [1.82, 2.24) is 19.8 Å². The third-order valence-electron chi connectivity index (χ3n) is 3.47. The molecule has 0 aromatic carbocycles. The summed E-state index contributed by atoms with van der Waals surface area (Å²) in [5.74, 6) is 1.03. The fourth-order valence-electron chi connectivity index (χ4n) is 2.30. The van der Waals surface area contributed by atoms with E-state index in [-0.39, 0.29) is 0 Å². The van der Waals surface area contributed by atoms with Gasteiger partial charge in [-0.25, -0.2) is 4.98 Å². The number of nitrogens with zero attached hydrogens (tertiary/aromatic N) is 3. The van der Waals surface area contributed by atoms with Gasteiger partial charge in [0.05, 0.1) is 24.9 Å². The van der Waals surface area contributed by atoms with Gasteiger partial charge in [0.25, 0.3) is 0 Å². The van der Waals surface area contributed by atoms with Gasteiger partial charge in [0.1, 0.15) is 10.4 Å². The maximum atomic E-state index is 5.42. The largest absolute Gasteiger partial charge is 0.379 e. The van der Waals surface area contributed by atoms with Crippen molar-refractivity contribution >= 4 is 15.9 Å². The monoisotopic (exact) mass is 316 g/mol. The number of aromatic nitrogens is 2. The molecule has 1 aromatic heterocycles. The maximum absolute atomic E-state index is 5.42. The average molecular weight is 317 g/mol. The van der Waals surface area contributed by atoms with Crippen molar-refractivity contribution in [2.45, 2.75) is 13.0 Å². The fourth-order valence-corrected chi connectivity index (χ4v) is 2.91. The molecule has 18 heavy (non-hydrogen) atoms. The van der Waals surface area contributed by atoms with Crippen LogP contribution in [-0.2, 0) is 11.8 Å². The number of nitrogens with one attached hydrogen (secondary N) is 1. The maximum Gasteiger partial charge on any atom is 0.109 e. The summed E-state index contributed by atoms with van der Waals surface area (Å²) in [6, 6.07) is 0.299. The Bertz CT molecular complexity index is 401. The van der Waals surface area contributed by atoms with Crippen molar-refractivity contribution in [3.05, 3.63) is 16.1 Å².